The van der Waals surface area contributed by atoms with E-state index in [1.807, 2.05) is 35.6 Å². The van der Waals surface area contributed by atoms with Crippen molar-refractivity contribution in [3.8, 4) is 56.5 Å². The summed E-state index contributed by atoms with van der Waals surface area (Å²) in [4.78, 5) is 10.1. The summed E-state index contributed by atoms with van der Waals surface area (Å²) in [7, 11) is 0. The summed E-state index contributed by atoms with van der Waals surface area (Å²) in [5.41, 5.74) is 9.50. The Morgan fingerprint density at radius 3 is 1.96 bits per heavy atom. The maximum atomic E-state index is 6.30. The van der Waals surface area contributed by atoms with Gasteiger partial charge in [0.05, 0.1) is 11.4 Å². The van der Waals surface area contributed by atoms with Gasteiger partial charge in [0.25, 0.3) is 0 Å². The number of nitrogens with zero attached hydrogens (tertiary/aromatic N) is 2. The molecule has 0 N–H and O–H groups in total. The fourth-order valence-electron chi connectivity index (χ4n) is 6.80. The zero-order chi connectivity index (χ0) is 31.5. The summed E-state index contributed by atoms with van der Waals surface area (Å²) in [5, 5.41) is 2.58. The number of thiophene rings is 1. The average molecular weight is 623 g/mol. The molecular weight excluding hydrogens is 593 g/mol. The van der Waals surface area contributed by atoms with Crippen molar-refractivity contribution in [3.63, 3.8) is 0 Å². The molecule has 0 radical (unpaired) electrons. The normalized spacial score (nSPS) is 13.2. The maximum Gasteiger partial charge on any atom is 0.160 e. The molecule has 0 atom stereocenters. The Morgan fingerprint density at radius 2 is 1.11 bits per heavy atom. The number of aromatic nitrogens is 2. The summed E-state index contributed by atoms with van der Waals surface area (Å²) in [5.74, 6) is 2.57. The minimum atomic E-state index is -0.163. The molecule has 9 rings (SSSR count). The Hall–Kier alpha value is -5.58. The molecule has 8 aromatic rings. The van der Waals surface area contributed by atoms with Crippen molar-refractivity contribution >= 4 is 31.5 Å². The number of hydrogen-bond acceptors (Lipinski definition) is 4. The quantitative estimate of drug-likeness (QED) is 0.196. The van der Waals surface area contributed by atoms with Crippen LogP contribution in [0.15, 0.2) is 146 Å². The van der Waals surface area contributed by atoms with Gasteiger partial charge in [0.1, 0.15) is 11.5 Å². The second-order valence-electron chi connectivity index (χ2n) is 12.6. The lowest BCUT2D eigenvalue weighted by molar-refractivity contribution is 0.418. The van der Waals surface area contributed by atoms with Crippen LogP contribution in [0.3, 0.4) is 0 Å². The molecule has 0 unspecified atom stereocenters. The van der Waals surface area contributed by atoms with Crippen molar-refractivity contribution in [2.24, 2.45) is 0 Å². The average Bonchev–Trinajstić information content (AvgIpc) is 3.50. The van der Waals surface area contributed by atoms with Crippen LogP contribution in [-0.4, -0.2) is 9.97 Å². The van der Waals surface area contributed by atoms with Crippen LogP contribution in [0.5, 0.6) is 11.5 Å². The topological polar surface area (TPSA) is 35.0 Å². The van der Waals surface area contributed by atoms with Crippen LogP contribution in [0.1, 0.15) is 25.0 Å². The van der Waals surface area contributed by atoms with E-state index in [0.29, 0.717) is 0 Å². The lowest BCUT2D eigenvalue weighted by atomic mass is 9.75. The highest BCUT2D eigenvalue weighted by molar-refractivity contribution is 7.25. The molecule has 0 spiro atoms. The minimum absolute atomic E-state index is 0.163. The van der Waals surface area contributed by atoms with Gasteiger partial charge in [-0.05, 0) is 47.5 Å². The van der Waals surface area contributed by atoms with Gasteiger partial charge in [-0.1, -0.05) is 123 Å². The number of ether oxygens (including phenoxy) is 1. The van der Waals surface area contributed by atoms with E-state index in [1.165, 1.54) is 31.3 Å². The molecule has 3 heterocycles. The van der Waals surface area contributed by atoms with Gasteiger partial charge in [0.2, 0.25) is 0 Å². The smallest absolute Gasteiger partial charge is 0.160 e. The third-order valence-electron chi connectivity index (χ3n) is 9.38. The Labute approximate surface area is 277 Å². The highest BCUT2D eigenvalue weighted by Gasteiger charge is 2.34. The Balaban J connectivity index is 1.11. The van der Waals surface area contributed by atoms with Crippen molar-refractivity contribution in [3.05, 3.63) is 157 Å². The molecule has 0 amide bonds. The molecule has 0 fully saturated rings. The van der Waals surface area contributed by atoms with Crippen LogP contribution >= 0.6 is 11.3 Å². The van der Waals surface area contributed by atoms with E-state index >= 15 is 0 Å². The van der Waals surface area contributed by atoms with Crippen LogP contribution in [0, 0.1) is 0 Å². The Kier molecular flexibility index (Phi) is 6.34. The number of benzene rings is 6. The van der Waals surface area contributed by atoms with Crippen molar-refractivity contribution in [2.75, 3.05) is 0 Å². The zero-order valence-electron chi connectivity index (χ0n) is 26.1. The molecule has 6 aromatic carbocycles. The largest absolute Gasteiger partial charge is 0.457 e. The molecule has 4 heteroatoms. The molecule has 0 bridgehead atoms. The number of hydrogen-bond donors (Lipinski definition) is 0. The summed E-state index contributed by atoms with van der Waals surface area (Å²) < 4.78 is 8.86. The fourth-order valence-corrected chi connectivity index (χ4v) is 7.95. The first-order valence-electron chi connectivity index (χ1n) is 15.9. The van der Waals surface area contributed by atoms with Gasteiger partial charge in [0.15, 0.2) is 5.82 Å². The lowest BCUT2D eigenvalue weighted by Gasteiger charge is -2.34. The monoisotopic (exact) mass is 622 g/mol. The van der Waals surface area contributed by atoms with Gasteiger partial charge in [-0.3, -0.25) is 0 Å². The van der Waals surface area contributed by atoms with Crippen LogP contribution in [0.2, 0.25) is 0 Å². The number of fused-ring (bicyclic) bond motifs is 5. The predicted octanol–water partition coefficient (Wildman–Crippen LogP) is 11.9. The van der Waals surface area contributed by atoms with Gasteiger partial charge >= 0.3 is 0 Å². The summed E-state index contributed by atoms with van der Waals surface area (Å²) in [6.45, 7) is 4.55. The lowest BCUT2D eigenvalue weighted by Crippen LogP contribution is -2.24. The van der Waals surface area contributed by atoms with E-state index in [-0.39, 0.29) is 5.41 Å². The third kappa shape index (κ3) is 4.72. The van der Waals surface area contributed by atoms with E-state index in [2.05, 4.69) is 135 Å². The Morgan fingerprint density at radius 1 is 0.468 bits per heavy atom. The van der Waals surface area contributed by atoms with Gasteiger partial charge in [0, 0.05) is 53.4 Å². The van der Waals surface area contributed by atoms with E-state index in [4.69, 9.17) is 14.7 Å². The highest BCUT2D eigenvalue weighted by Crippen LogP contribution is 2.48. The number of para-hydroxylation sites is 1. The maximum absolute atomic E-state index is 6.30. The van der Waals surface area contributed by atoms with Gasteiger partial charge in [-0.15, -0.1) is 11.3 Å². The zero-order valence-corrected chi connectivity index (χ0v) is 26.9. The van der Waals surface area contributed by atoms with E-state index in [1.54, 1.807) is 0 Å². The van der Waals surface area contributed by atoms with E-state index in [9.17, 15) is 0 Å². The van der Waals surface area contributed by atoms with Crippen molar-refractivity contribution in [1.82, 2.24) is 9.97 Å². The van der Waals surface area contributed by atoms with Gasteiger partial charge in [-0.25, -0.2) is 9.97 Å². The van der Waals surface area contributed by atoms with Crippen molar-refractivity contribution in [2.45, 2.75) is 19.3 Å². The van der Waals surface area contributed by atoms with Gasteiger partial charge < -0.3 is 4.74 Å². The SMILES string of the molecule is CC1(C)c2ccccc2Oc2ccc(-c3ccc(-c4cc(-c5ccc6c(c5)sc5ccccc56)nc(-c5ccccc5)n4)cc3)cc21. The number of rotatable bonds is 4. The van der Waals surface area contributed by atoms with E-state index in [0.717, 1.165) is 56.5 Å². The molecule has 0 aliphatic carbocycles. The first-order valence-corrected chi connectivity index (χ1v) is 16.7. The van der Waals surface area contributed by atoms with Crippen molar-refractivity contribution < 1.29 is 4.74 Å². The molecule has 1 aliphatic rings. The third-order valence-corrected chi connectivity index (χ3v) is 10.5. The second-order valence-corrected chi connectivity index (χ2v) is 13.7. The summed E-state index contributed by atoms with van der Waals surface area (Å²) in [6.07, 6.45) is 0. The van der Waals surface area contributed by atoms with Gasteiger partial charge in [-0.2, -0.15) is 0 Å². The molecule has 3 nitrogen and oxygen atoms in total. The van der Waals surface area contributed by atoms with E-state index < -0.39 is 0 Å². The standard InChI is InChI=1S/C43H30N2OS/c1-43(2)34-13-7-8-14-38(34)46-39-23-21-30(24-35(39)43)27-16-18-28(19-17-27)36-26-37(45-42(44-36)29-10-4-3-5-11-29)31-20-22-33-32-12-6-9-15-40(32)47-41(33)25-31/h3-26H,1-2H3. The molecule has 1 aliphatic heterocycles. The summed E-state index contributed by atoms with van der Waals surface area (Å²) in [6, 6.07) is 51.2. The predicted molar refractivity (Wildman–Crippen MR) is 195 cm³/mol. The van der Waals surface area contributed by atoms with Crippen LogP contribution < -0.4 is 4.74 Å². The molecule has 224 valence electrons. The molecule has 47 heavy (non-hydrogen) atoms. The molecule has 0 saturated heterocycles. The molecule has 2 aromatic heterocycles. The van der Waals surface area contributed by atoms with Crippen LogP contribution in [0.4, 0.5) is 0 Å². The molecular formula is C43H30N2OS. The van der Waals surface area contributed by atoms with Crippen molar-refractivity contribution in [1.29, 1.82) is 0 Å². The Bertz CT molecular complexity index is 2460. The first-order chi connectivity index (χ1) is 23.0. The van der Waals surface area contributed by atoms with Crippen LogP contribution in [0.25, 0.3) is 65.2 Å². The molecule has 0 saturated carbocycles. The fraction of sp³-hybridized carbons (Fsp3) is 0.0698. The summed E-state index contributed by atoms with van der Waals surface area (Å²) >= 11 is 1.82. The minimum Gasteiger partial charge on any atom is -0.457 e. The highest BCUT2D eigenvalue weighted by atomic mass is 32.1. The second kappa shape index (κ2) is 10.8. The van der Waals surface area contributed by atoms with Crippen LogP contribution in [-0.2, 0) is 5.41 Å². The first kappa shape index (κ1) is 27.7.